The second-order valence-electron chi connectivity index (χ2n) is 9.04. The Morgan fingerprint density at radius 3 is 0.923 bits per heavy atom. The summed E-state index contributed by atoms with van der Waals surface area (Å²) in [6.07, 6.45) is 26.1. The molecule has 0 unspecified atom stereocenters. The number of nitrogens with zero attached hydrogens (tertiary/aromatic N) is 1. The Labute approximate surface area is 178 Å². The summed E-state index contributed by atoms with van der Waals surface area (Å²) in [5, 5.41) is 0. The fourth-order valence-electron chi connectivity index (χ4n) is 3.81. The zero-order chi connectivity index (χ0) is 18.6. The highest BCUT2D eigenvalue weighted by Crippen LogP contribution is 2.14. The molecule has 0 saturated carbocycles. The van der Waals surface area contributed by atoms with Crippen LogP contribution < -0.4 is 17.0 Å². The van der Waals surface area contributed by atoms with E-state index in [-0.39, 0.29) is 17.0 Å². The Bertz CT molecular complexity index is 253. The van der Waals surface area contributed by atoms with Gasteiger partial charge in [-0.25, -0.2) is 0 Å². The van der Waals surface area contributed by atoms with Crippen molar-refractivity contribution in [2.45, 2.75) is 129 Å². The molecule has 1 nitrogen and oxygen atoms in total. The van der Waals surface area contributed by atoms with Gasteiger partial charge in [-0.05, 0) is 25.7 Å². The first-order valence-corrected chi connectivity index (χ1v) is 11.9. The van der Waals surface area contributed by atoms with Crippen LogP contribution in [0.2, 0.25) is 0 Å². The Balaban J connectivity index is 0. The molecular formula is C24H52BrN. The third kappa shape index (κ3) is 22.5. The van der Waals surface area contributed by atoms with Gasteiger partial charge in [0.05, 0.1) is 27.2 Å². The summed E-state index contributed by atoms with van der Waals surface area (Å²) < 4.78 is 1.24. The number of hydrogen-bond donors (Lipinski definition) is 0. The van der Waals surface area contributed by atoms with Gasteiger partial charge in [0.1, 0.15) is 0 Å². The Kier molecular flexibility index (Phi) is 24.0. The van der Waals surface area contributed by atoms with Crippen LogP contribution in [0.25, 0.3) is 0 Å². The molecule has 0 saturated heterocycles. The van der Waals surface area contributed by atoms with E-state index < -0.39 is 0 Å². The van der Waals surface area contributed by atoms with Crippen LogP contribution >= 0.6 is 0 Å². The topological polar surface area (TPSA) is 0 Å². The lowest BCUT2D eigenvalue weighted by molar-refractivity contribution is -0.890. The first-order valence-electron chi connectivity index (χ1n) is 11.9. The number of hydrogen-bond acceptors (Lipinski definition) is 0. The van der Waals surface area contributed by atoms with Crippen molar-refractivity contribution in [3.8, 4) is 0 Å². The monoisotopic (exact) mass is 433 g/mol. The van der Waals surface area contributed by atoms with Gasteiger partial charge >= 0.3 is 0 Å². The summed E-state index contributed by atoms with van der Waals surface area (Å²) in [7, 11) is 4.85. The van der Waals surface area contributed by atoms with E-state index in [2.05, 4.69) is 27.9 Å². The molecule has 0 aliphatic carbocycles. The van der Waals surface area contributed by atoms with Crippen LogP contribution in [0, 0.1) is 0 Å². The summed E-state index contributed by atoms with van der Waals surface area (Å²) in [6, 6.07) is 0. The minimum Gasteiger partial charge on any atom is -1.00 e. The average molecular weight is 435 g/mol. The van der Waals surface area contributed by atoms with Crippen molar-refractivity contribution in [3.05, 3.63) is 0 Å². The van der Waals surface area contributed by atoms with Crippen LogP contribution in [0.15, 0.2) is 0 Å². The fraction of sp³-hybridized carbons (Fsp3) is 1.00. The van der Waals surface area contributed by atoms with Crippen molar-refractivity contribution in [2.24, 2.45) is 0 Å². The lowest BCUT2D eigenvalue weighted by Crippen LogP contribution is -3.00. The number of quaternary nitrogens is 1. The molecule has 0 aliphatic heterocycles. The van der Waals surface area contributed by atoms with E-state index >= 15 is 0 Å². The van der Waals surface area contributed by atoms with E-state index in [0.717, 1.165) is 0 Å². The maximum absolute atomic E-state index is 2.42. The molecule has 0 aromatic rings. The molecule has 160 valence electrons. The molecule has 26 heavy (non-hydrogen) atoms. The predicted octanol–water partition coefficient (Wildman–Crippen LogP) is 5.13. The van der Waals surface area contributed by atoms with Gasteiger partial charge in [0, 0.05) is 0 Å². The summed E-state index contributed by atoms with van der Waals surface area (Å²) in [4.78, 5) is 0. The third-order valence-electron chi connectivity index (χ3n) is 5.73. The van der Waals surface area contributed by atoms with Gasteiger partial charge in [0.25, 0.3) is 0 Å². The number of halogens is 1. The first-order chi connectivity index (χ1) is 12.1. The van der Waals surface area contributed by atoms with Crippen LogP contribution in [0.5, 0.6) is 0 Å². The van der Waals surface area contributed by atoms with Crippen LogP contribution in [-0.2, 0) is 0 Å². The van der Waals surface area contributed by atoms with E-state index in [9.17, 15) is 0 Å². The first kappa shape index (κ1) is 28.6. The quantitative estimate of drug-likeness (QED) is 0.184. The van der Waals surface area contributed by atoms with Gasteiger partial charge in [0.2, 0.25) is 0 Å². The van der Waals surface area contributed by atoms with Crippen molar-refractivity contribution >= 4 is 0 Å². The van der Waals surface area contributed by atoms with Gasteiger partial charge in [-0.15, -0.1) is 0 Å². The third-order valence-corrected chi connectivity index (χ3v) is 5.73. The van der Waals surface area contributed by atoms with Gasteiger partial charge in [-0.2, -0.15) is 0 Å². The summed E-state index contributed by atoms with van der Waals surface area (Å²) in [6.45, 7) is 7.35. The average Bonchev–Trinajstić information content (AvgIpc) is 2.59. The minimum absolute atomic E-state index is 0. The second kappa shape index (κ2) is 21.7. The molecule has 0 fully saturated rings. The van der Waals surface area contributed by atoms with Crippen LogP contribution in [-0.4, -0.2) is 31.7 Å². The molecule has 0 N–H and O–H groups in total. The highest BCUT2D eigenvalue weighted by Gasteiger charge is 2.13. The fourth-order valence-corrected chi connectivity index (χ4v) is 3.81. The molecule has 0 heterocycles. The molecule has 0 amide bonds. The van der Waals surface area contributed by atoms with E-state index in [1.54, 1.807) is 0 Å². The van der Waals surface area contributed by atoms with Crippen LogP contribution in [0.3, 0.4) is 0 Å². The largest absolute Gasteiger partial charge is 1.00 e. The standard InChI is InChI=1S/C24H52N.BrH/c1-5-7-9-11-12-13-14-15-16-17-18-19-20-22-24-25(3,4)23-21-10-8-6-2;/h5-24H2,1-4H3;1H/q+1;/p-1. The van der Waals surface area contributed by atoms with Crippen molar-refractivity contribution in [2.75, 3.05) is 27.2 Å². The Morgan fingerprint density at radius 1 is 0.385 bits per heavy atom. The summed E-state index contributed by atoms with van der Waals surface area (Å²) >= 11 is 0. The zero-order valence-electron chi connectivity index (χ0n) is 19.0. The van der Waals surface area contributed by atoms with E-state index in [4.69, 9.17) is 0 Å². The van der Waals surface area contributed by atoms with Crippen molar-refractivity contribution < 1.29 is 21.5 Å². The van der Waals surface area contributed by atoms with Crippen molar-refractivity contribution in [3.63, 3.8) is 0 Å². The van der Waals surface area contributed by atoms with Crippen molar-refractivity contribution in [1.29, 1.82) is 0 Å². The molecule has 0 spiro atoms. The van der Waals surface area contributed by atoms with Crippen LogP contribution in [0.4, 0.5) is 0 Å². The highest BCUT2D eigenvalue weighted by molar-refractivity contribution is 4.50. The molecule has 0 rings (SSSR count). The minimum atomic E-state index is 0. The lowest BCUT2D eigenvalue weighted by atomic mass is 10.0. The predicted molar refractivity (Wildman–Crippen MR) is 116 cm³/mol. The highest BCUT2D eigenvalue weighted by atomic mass is 79.9. The molecular weight excluding hydrogens is 382 g/mol. The zero-order valence-corrected chi connectivity index (χ0v) is 20.6. The number of rotatable bonds is 20. The number of unbranched alkanes of at least 4 members (excludes halogenated alkanes) is 16. The summed E-state index contributed by atoms with van der Waals surface area (Å²) in [5.41, 5.74) is 0. The molecule has 0 bridgehead atoms. The summed E-state index contributed by atoms with van der Waals surface area (Å²) in [5.74, 6) is 0. The van der Waals surface area contributed by atoms with Crippen LogP contribution in [0.1, 0.15) is 129 Å². The maximum atomic E-state index is 2.42. The smallest absolute Gasteiger partial charge is 0.0782 e. The van der Waals surface area contributed by atoms with E-state index in [1.165, 1.54) is 133 Å². The lowest BCUT2D eigenvalue weighted by Gasteiger charge is -2.30. The SMILES string of the molecule is CCCCCCCCCCCCCCCC[N+](C)(C)CCCCCC.[Br-]. The normalized spacial score (nSPS) is 11.5. The van der Waals surface area contributed by atoms with Gasteiger partial charge in [0.15, 0.2) is 0 Å². The van der Waals surface area contributed by atoms with E-state index in [1.807, 2.05) is 0 Å². The molecule has 0 aliphatic rings. The molecule has 0 aromatic carbocycles. The Hall–Kier alpha value is 0.440. The van der Waals surface area contributed by atoms with Gasteiger partial charge in [-0.3, -0.25) is 0 Å². The second-order valence-corrected chi connectivity index (χ2v) is 9.04. The van der Waals surface area contributed by atoms with E-state index in [0.29, 0.717) is 0 Å². The molecule has 0 radical (unpaired) electrons. The van der Waals surface area contributed by atoms with Gasteiger partial charge < -0.3 is 21.5 Å². The maximum Gasteiger partial charge on any atom is 0.0782 e. The van der Waals surface area contributed by atoms with Crippen molar-refractivity contribution in [1.82, 2.24) is 0 Å². The molecule has 2 heteroatoms. The molecule has 0 atom stereocenters. The van der Waals surface area contributed by atoms with Gasteiger partial charge in [-0.1, -0.05) is 104 Å². The Morgan fingerprint density at radius 2 is 0.615 bits per heavy atom. The molecule has 0 aromatic heterocycles.